The van der Waals surface area contributed by atoms with Gasteiger partial charge in [0.1, 0.15) is 0 Å². The summed E-state index contributed by atoms with van der Waals surface area (Å²) in [6.45, 7) is 2.05. The minimum absolute atomic E-state index is 0.0157. The van der Waals surface area contributed by atoms with Crippen LogP contribution in [-0.2, 0) is 11.8 Å². The van der Waals surface area contributed by atoms with Gasteiger partial charge < -0.3 is 5.11 Å². The highest BCUT2D eigenvalue weighted by molar-refractivity contribution is 9.10. The molecule has 2 aromatic carbocycles. The molecule has 0 bridgehead atoms. The molecule has 1 N–H and O–H groups in total. The SMILES string of the molecule is Cc1ccc([P@](=S)(CO)c2cccc(Br)c2)cc1. The van der Waals surface area contributed by atoms with Crippen LogP contribution in [0.4, 0.5) is 0 Å². The molecule has 2 aromatic rings. The number of aliphatic hydroxyl groups excluding tert-OH is 1. The van der Waals surface area contributed by atoms with Crippen LogP contribution in [0.15, 0.2) is 53.0 Å². The van der Waals surface area contributed by atoms with Gasteiger partial charge in [-0.05, 0) is 29.7 Å². The Labute approximate surface area is 121 Å². The van der Waals surface area contributed by atoms with Gasteiger partial charge in [-0.25, -0.2) is 0 Å². The highest BCUT2D eigenvalue weighted by Gasteiger charge is 2.21. The van der Waals surface area contributed by atoms with E-state index in [4.69, 9.17) is 11.8 Å². The van der Waals surface area contributed by atoms with Crippen LogP contribution in [0.2, 0.25) is 0 Å². The average Bonchev–Trinajstić information content (AvgIpc) is 2.38. The van der Waals surface area contributed by atoms with Crippen LogP contribution in [0, 0.1) is 6.92 Å². The molecule has 0 saturated heterocycles. The zero-order chi connectivity index (χ0) is 13.2. The molecule has 0 saturated carbocycles. The Balaban J connectivity index is 2.55. The van der Waals surface area contributed by atoms with Gasteiger partial charge in [0.15, 0.2) is 0 Å². The second-order valence-corrected chi connectivity index (χ2v) is 9.78. The van der Waals surface area contributed by atoms with E-state index >= 15 is 0 Å². The molecule has 94 valence electrons. The predicted molar refractivity (Wildman–Crippen MR) is 86.0 cm³/mol. The summed E-state index contributed by atoms with van der Waals surface area (Å²) in [5.41, 5.74) is 1.20. The van der Waals surface area contributed by atoms with Crippen LogP contribution in [0.1, 0.15) is 5.56 Å². The molecule has 0 aliphatic carbocycles. The van der Waals surface area contributed by atoms with Gasteiger partial charge in [0.2, 0.25) is 0 Å². The van der Waals surface area contributed by atoms with Crippen molar-refractivity contribution < 1.29 is 5.11 Å². The second-order valence-electron chi connectivity index (χ2n) is 4.20. The van der Waals surface area contributed by atoms with Crippen LogP contribution >= 0.6 is 22.0 Å². The highest BCUT2D eigenvalue weighted by Crippen LogP contribution is 2.42. The van der Waals surface area contributed by atoms with E-state index in [-0.39, 0.29) is 6.35 Å². The van der Waals surface area contributed by atoms with Crippen molar-refractivity contribution in [3.8, 4) is 0 Å². The topological polar surface area (TPSA) is 20.2 Å². The van der Waals surface area contributed by atoms with Crippen molar-refractivity contribution in [3.63, 3.8) is 0 Å². The lowest BCUT2D eigenvalue weighted by Gasteiger charge is -2.21. The van der Waals surface area contributed by atoms with E-state index in [1.807, 2.05) is 55.5 Å². The molecule has 0 aromatic heterocycles. The fourth-order valence-electron chi connectivity index (χ4n) is 1.80. The Hall–Kier alpha value is -0.470. The summed E-state index contributed by atoms with van der Waals surface area (Å²) in [5.74, 6) is 0. The van der Waals surface area contributed by atoms with Crippen LogP contribution < -0.4 is 10.6 Å². The molecule has 0 unspecified atom stereocenters. The maximum atomic E-state index is 9.78. The van der Waals surface area contributed by atoms with Crippen LogP contribution in [-0.4, -0.2) is 11.5 Å². The smallest absolute Gasteiger partial charge is 0.0794 e. The summed E-state index contributed by atoms with van der Waals surface area (Å²) in [7, 11) is 0. The molecule has 0 radical (unpaired) electrons. The number of halogens is 1. The molecule has 1 nitrogen and oxygen atoms in total. The number of rotatable bonds is 3. The fraction of sp³-hybridized carbons (Fsp3) is 0.143. The van der Waals surface area contributed by atoms with E-state index in [0.29, 0.717) is 0 Å². The summed E-state index contributed by atoms with van der Waals surface area (Å²) >= 11 is 9.24. The van der Waals surface area contributed by atoms with Gasteiger partial charge in [0.05, 0.1) is 6.35 Å². The fourth-order valence-corrected chi connectivity index (χ4v) is 5.01. The van der Waals surface area contributed by atoms with Gasteiger partial charge in [-0.3, -0.25) is 0 Å². The number of benzene rings is 2. The van der Waals surface area contributed by atoms with Gasteiger partial charge in [-0.2, -0.15) is 0 Å². The molecule has 0 aliphatic heterocycles. The highest BCUT2D eigenvalue weighted by atomic mass is 79.9. The van der Waals surface area contributed by atoms with Crippen molar-refractivity contribution >= 4 is 44.4 Å². The first-order valence-electron chi connectivity index (χ1n) is 5.59. The monoisotopic (exact) mass is 340 g/mol. The van der Waals surface area contributed by atoms with E-state index in [2.05, 4.69) is 15.9 Å². The Morgan fingerprint density at radius 1 is 1.11 bits per heavy atom. The van der Waals surface area contributed by atoms with Crippen molar-refractivity contribution in [1.82, 2.24) is 0 Å². The number of aliphatic hydroxyl groups is 1. The molecule has 18 heavy (non-hydrogen) atoms. The summed E-state index contributed by atoms with van der Waals surface area (Å²) < 4.78 is 0.995. The quantitative estimate of drug-likeness (QED) is 0.866. The number of hydrogen-bond donors (Lipinski definition) is 1. The van der Waals surface area contributed by atoms with E-state index < -0.39 is 6.04 Å². The maximum Gasteiger partial charge on any atom is 0.0794 e. The van der Waals surface area contributed by atoms with Crippen LogP contribution in [0.25, 0.3) is 0 Å². The zero-order valence-electron chi connectivity index (χ0n) is 10.0. The molecule has 0 aliphatic rings. The van der Waals surface area contributed by atoms with Gasteiger partial charge in [-0.1, -0.05) is 69.7 Å². The van der Waals surface area contributed by atoms with E-state index in [1.165, 1.54) is 5.56 Å². The Bertz CT molecular complexity index is 595. The molecule has 4 heteroatoms. The molecule has 0 amide bonds. The summed E-state index contributed by atoms with van der Waals surface area (Å²) in [6, 6.07) is 14.0. The number of aryl methyl sites for hydroxylation is 1. The van der Waals surface area contributed by atoms with Crippen molar-refractivity contribution in [2.24, 2.45) is 0 Å². The van der Waals surface area contributed by atoms with Crippen LogP contribution in [0.3, 0.4) is 0 Å². The third-order valence-corrected chi connectivity index (χ3v) is 7.62. The standard InChI is InChI=1S/C14H14BrOPS/c1-11-5-7-13(8-6-11)17(18,10-16)14-4-2-3-12(15)9-14/h2-9,16H,10H2,1H3/t17-/m1/s1. The van der Waals surface area contributed by atoms with Gasteiger partial charge >= 0.3 is 0 Å². The molecule has 2 rings (SSSR count). The molecular weight excluding hydrogens is 327 g/mol. The summed E-state index contributed by atoms with van der Waals surface area (Å²) in [5, 5.41) is 11.9. The Morgan fingerprint density at radius 3 is 2.33 bits per heavy atom. The average molecular weight is 341 g/mol. The first-order chi connectivity index (χ1) is 8.56. The molecular formula is C14H14BrOPS. The molecule has 0 heterocycles. The molecule has 1 atom stereocenters. The lowest BCUT2D eigenvalue weighted by Crippen LogP contribution is -2.18. The van der Waals surface area contributed by atoms with Crippen molar-refractivity contribution in [2.75, 3.05) is 6.35 Å². The lowest BCUT2D eigenvalue weighted by atomic mass is 10.2. The maximum absolute atomic E-state index is 9.78. The second kappa shape index (κ2) is 5.66. The lowest BCUT2D eigenvalue weighted by molar-refractivity contribution is 0.372. The van der Waals surface area contributed by atoms with E-state index in [9.17, 15) is 5.11 Å². The third kappa shape index (κ3) is 2.75. The van der Waals surface area contributed by atoms with Crippen molar-refractivity contribution in [3.05, 3.63) is 58.6 Å². The minimum Gasteiger partial charge on any atom is -0.390 e. The summed E-state index contributed by atoms with van der Waals surface area (Å²) in [6.07, 6.45) is 0.0157. The summed E-state index contributed by atoms with van der Waals surface area (Å²) in [4.78, 5) is 0. The van der Waals surface area contributed by atoms with Gasteiger partial charge in [-0.15, -0.1) is 0 Å². The third-order valence-electron chi connectivity index (χ3n) is 2.88. The molecule has 0 fully saturated rings. The van der Waals surface area contributed by atoms with Gasteiger partial charge in [0, 0.05) is 10.5 Å². The van der Waals surface area contributed by atoms with Gasteiger partial charge in [0.25, 0.3) is 0 Å². The largest absolute Gasteiger partial charge is 0.390 e. The Kier molecular flexibility index (Phi) is 4.39. The first-order valence-corrected chi connectivity index (χ1v) is 9.37. The van der Waals surface area contributed by atoms with Crippen molar-refractivity contribution in [2.45, 2.75) is 6.92 Å². The van der Waals surface area contributed by atoms with Crippen LogP contribution in [0.5, 0.6) is 0 Å². The van der Waals surface area contributed by atoms with Crippen molar-refractivity contribution in [1.29, 1.82) is 0 Å². The molecule has 0 spiro atoms. The van der Waals surface area contributed by atoms with E-state index in [1.54, 1.807) is 0 Å². The predicted octanol–water partition coefficient (Wildman–Crippen LogP) is 3.14. The minimum atomic E-state index is -2.09. The zero-order valence-corrected chi connectivity index (χ0v) is 13.3. The Morgan fingerprint density at radius 2 is 1.78 bits per heavy atom. The first kappa shape index (κ1) is 14.0. The number of hydrogen-bond acceptors (Lipinski definition) is 2. The normalized spacial score (nSPS) is 14.2. The van der Waals surface area contributed by atoms with E-state index in [0.717, 1.165) is 15.1 Å².